The lowest BCUT2D eigenvalue weighted by Crippen LogP contribution is -2.48. The van der Waals surface area contributed by atoms with Crippen molar-refractivity contribution in [2.45, 2.75) is 25.4 Å². The van der Waals surface area contributed by atoms with Gasteiger partial charge in [-0.1, -0.05) is 60.7 Å². The third-order valence-electron chi connectivity index (χ3n) is 4.31. The SMILES string of the molecule is CC(NC(=O)C(Cc1ccccc1)NC(=O)c1ccco1)c1ccccc1. The van der Waals surface area contributed by atoms with E-state index in [1.54, 1.807) is 12.1 Å². The molecule has 1 aromatic heterocycles. The van der Waals surface area contributed by atoms with E-state index in [-0.39, 0.29) is 17.7 Å². The van der Waals surface area contributed by atoms with E-state index in [9.17, 15) is 9.59 Å². The van der Waals surface area contributed by atoms with Crippen LogP contribution in [-0.4, -0.2) is 17.9 Å². The van der Waals surface area contributed by atoms with Crippen LogP contribution in [0.25, 0.3) is 0 Å². The first kappa shape index (κ1) is 18.5. The second kappa shape index (κ2) is 8.85. The lowest BCUT2D eigenvalue weighted by molar-refractivity contribution is -0.123. The maximum absolute atomic E-state index is 12.9. The molecule has 27 heavy (non-hydrogen) atoms. The van der Waals surface area contributed by atoms with Gasteiger partial charge in [0.25, 0.3) is 5.91 Å². The van der Waals surface area contributed by atoms with Crippen LogP contribution in [0.2, 0.25) is 0 Å². The molecule has 0 fully saturated rings. The standard InChI is InChI=1S/C22H22N2O3/c1-16(18-11-6-3-7-12-18)23-21(25)19(15-17-9-4-2-5-10-17)24-22(26)20-13-8-14-27-20/h2-14,16,19H,15H2,1H3,(H,23,25)(H,24,26). The lowest BCUT2D eigenvalue weighted by Gasteiger charge is -2.21. The predicted molar refractivity (Wildman–Crippen MR) is 103 cm³/mol. The molecule has 2 N–H and O–H groups in total. The number of nitrogens with one attached hydrogen (secondary N) is 2. The summed E-state index contributed by atoms with van der Waals surface area (Å²) >= 11 is 0. The molecular formula is C22H22N2O3. The fourth-order valence-electron chi connectivity index (χ4n) is 2.84. The second-order valence-electron chi connectivity index (χ2n) is 6.33. The minimum atomic E-state index is -0.712. The number of carbonyl (C=O) groups excluding carboxylic acids is 2. The van der Waals surface area contributed by atoms with Gasteiger partial charge in [0.2, 0.25) is 5.91 Å². The van der Waals surface area contributed by atoms with Crippen molar-refractivity contribution in [2.75, 3.05) is 0 Å². The molecule has 0 radical (unpaired) electrons. The number of furan rings is 1. The van der Waals surface area contributed by atoms with Gasteiger partial charge in [-0.25, -0.2) is 0 Å². The van der Waals surface area contributed by atoms with Crippen LogP contribution in [0.4, 0.5) is 0 Å². The topological polar surface area (TPSA) is 71.3 Å². The van der Waals surface area contributed by atoms with Gasteiger partial charge in [0, 0.05) is 6.42 Å². The Morgan fingerprint density at radius 1 is 0.889 bits per heavy atom. The quantitative estimate of drug-likeness (QED) is 0.676. The minimum Gasteiger partial charge on any atom is -0.459 e. The first-order chi connectivity index (χ1) is 13.1. The highest BCUT2D eigenvalue weighted by atomic mass is 16.3. The Labute approximate surface area is 158 Å². The summed E-state index contributed by atoms with van der Waals surface area (Å²) in [5.41, 5.74) is 1.96. The van der Waals surface area contributed by atoms with Crippen LogP contribution in [0, 0.1) is 0 Å². The first-order valence-corrected chi connectivity index (χ1v) is 8.87. The molecule has 138 valence electrons. The molecule has 5 heteroatoms. The first-order valence-electron chi connectivity index (χ1n) is 8.87. The van der Waals surface area contributed by atoms with E-state index >= 15 is 0 Å². The molecule has 3 rings (SSSR count). The highest BCUT2D eigenvalue weighted by Gasteiger charge is 2.24. The molecule has 0 saturated carbocycles. The minimum absolute atomic E-state index is 0.169. The number of hydrogen-bond acceptors (Lipinski definition) is 3. The Bertz CT molecular complexity index is 861. The van der Waals surface area contributed by atoms with Crippen LogP contribution < -0.4 is 10.6 Å². The van der Waals surface area contributed by atoms with Gasteiger partial charge in [0.05, 0.1) is 12.3 Å². The zero-order valence-electron chi connectivity index (χ0n) is 15.1. The molecule has 2 unspecified atom stereocenters. The predicted octanol–water partition coefficient (Wildman–Crippen LogP) is 3.50. The fraction of sp³-hybridized carbons (Fsp3) is 0.182. The van der Waals surface area contributed by atoms with Crippen molar-refractivity contribution >= 4 is 11.8 Å². The molecule has 0 aliphatic heterocycles. The van der Waals surface area contributed by atoms with Gasteiger partial charge in [-0.3, -0.25) is 9.59 Å². The van der Waals surface area contributed by atoms with Crippen molar-refractivity contribution in [1.82, 2.24) is 10.6 Å². The number of rotatable bonds is 7. The Morgan fingerprint density at radius 2 is 1.56 bits per heavy atom. The summed E-state index contributed by atoms with van der Waals surface area (Å²) in [4.78, 5) is 25.3. The smallest absolute Gasteiger partial charge is 0.287 e. The van der Waals surface area contributed by atoms with Crippen molar-refractivity contribution in [1.29, 1.82) is 0 Å². The largest absolute Gasteiger partial charge is 0.459 e. The number of benzene rings is 2. The summed E-state index contributed by atoms with van der Waals surface area (Å²) in [6, 6.07) is 21.6. The summed E-state index contributed by atoms with van der Waals surface area (Å²) in [7, 11) is 0. The van der Waals surface area contributed by atoms with Gasteiger partial charge < -0.3 is 15.1 Å². The monoisotopic (exact) mass is 362 g/mol. The molecular weight excluding hydrogens is 340 g/mol. The van der Waals surface area contributed by atoms with E-state index in [4.69, 9.17) is 4.42 Å². The lowest BCUT2D eigenvalue weighted by atomic mass is 10.0. The van der Waals surface area contributed by atoms with Crippen molar-refractivity contribution < 1.29 is 14.0 Å². The van der Waals surface area contributed by atoms with E-state index in [0.717, 1.165) is 11.1 Å². The molecule has 0 spiro atoms. The van der Waals surface area contributed by atoms with Gasteiger partial charge in [-0.2, -0.15) is 0 Å². The van der Waals surface area contributed by atoms with Crippen molar-refractivity contribution in [3.63, 3.8) is 0 Å². The van der Waals surface area contributed by atoms with Gasteiger partial charge >= 0.3 is 0 Å². The molecule has 0 saturated heterocycles. The second-order valence-corrected chi connectivity index (χ2v) is 6.33. The van der Waals surface area contributed by atoms with Crippen LogP contribution in [0.3, 0.4) is 0 Å². The third-order valence-corrected chi connectivity index (χ3v) is 4.31. The molecule has 0 aliphatic rings. The summed E-state index contributed by atoms with van der Waals surface area (Å²) < 4.78 is 5.13. The normalized spacial score (nSPS) is 12.8. The highest BCUT2D eigenvalue weighted by molar-refractivity contribution is 5.95. The molecule has 0 aliphatic carbocycles. The average Bonchev–Trinajstić information content (AvgIpc) is 3.24. The Balaban J connectivity index is 1.73. The number of carbonyl (C=O) groups is 2. The fourth-order valence-corrected chi connectivity index (χ4v) is 2.84. The maximum Gasteiger partial charge on any atom is 0.287 e. The third kappa shape index (κ3) is 5.07. The maximum atomic E-state index is 12.9. The summed E-state index contributed by atoms with van der Waals surface area (Å²) in [5, 5.41) is 5.76. The van der Waals surface area contributed by atoms with E-state index in [1.807, 2.05) is 67.6 Å². The van der Waals surface area contributed by atoms with Gasteiger partial charge in [0.1, 0.15) is 6.04 Å². The van der Waals surface area contributed by atoms with Gasteiger partial charge in [0.15, 0.2) is 5.76 Å². The highest BCUT2D eigenvalue weighted by Crippen LogP contribution is 2.12. The van der Waals surface area contributed by atoms with Crippen molar-refractivity contribution in [3.05, 3.63) is 95.9 Å². The molecule has 2 atom stereocenters. The molecule has 2 aromatic carbocycles. The summed E-state index contributed by atoms with van der Waals surface area (Å²) in [6.45, 7) is 1.92. The number of hydrogen-bond donors (Lipinski definition) is 2. The summed E-state index contributed by atoms with van der Waals surface area (Å²) in [6.07, 6.45) is 1.82. The molecule has 2 amide bonds. The Kier molecular flexibility index (Phi) is 6.05. The Hall–Kier alpha value is -3.34. The Morgan fingerprint density at radius 3 is 2.19 bits per heavy atom. The molecule has 0 bridgehead atoms. The van der Waals surface area contributed by atoms with E-state index < -0.39 is 11.9 Å². The van der Waals surface area contributed by atoms with Crippen molar-refractivity contribution in [2.24, 2.45) is 0 Å². The van der Waals surface area contributed by atoms with Crippen LogP contribution in [0.1, 0.15) is 34.6 Å². The zero-order valence-corrected chi connectivity index (χ0v) is 15.1. The van der Waals surface area contributed by atoms with Crippen LogP contribution in [0.5, 0.6) is 0 Å². The van der Waals surface area contributed by atoms with E-state index in [2.05, 4.69) is 10.6 Å². The van der Waals surface area contributed by atoms with Gasteiger partial charge in [-0.05, 0) is 30.2 Å². The molecule has 5 nitrogen and oxygen atoms in total. The van der Waals surface area contributed by atoms with Crippen molar-refractivity contribution in [3.8, 4) is 0 Å². The zero-order chi connectivity index (χ0) is 19.1. The van der Waals surface area contributed by atoms with E-state index in [0.29, 0.717) is 6.42 Å². The van der Waals surface area contributed by atoms with E-state index in [1.165, 1.54) is 6.26 Å². The molecule has 3 aromatic rings. The van der Waals surface area contributed by atoms with Gasteiger partial charge in [-0.15, -0.1) is 0 Å². The van der Waals surface area contributed by atoms with Crippen LogP contribution in [-0.2, 0) is 11.2 Å². The average molecular weight is 362 g/mol. The van der Waals surface area contributed by atoms with Crippen LogP contribution >= 0.6 is 0 Å². The molecule has 1 heterocycles. The van der Waals surface area contributed by atoms with Crippen LogP contribution in [0.15, 0.2) is 83.5 Å². The number of amides is 2. The summed E-state index contributed by atoms with van der Waals surface area (Å²) in [5.74, 6) is -0.476.